The number of H-pyrrole nitrogens is 1. The Bertz CT molecular complexity index is 772. The summed E-state index contributed by atoms with van der Waals surface area (Å²) in [6.07, 6.45) is 0. The monoisotopic (exact) mass is 269 g/mol. The number of aromatic amines is 1. The molecular weight excluding hydrogens is 254 g/mol. The molecule has 5 heteroatoms. The number of nitrogens with one attached hydrogen (secondary N) is 3. The van der Waals surface area contributed by atoms with Crippen molar-refractivity contribution in [2.45, 2.75) is 6.54 Å². The molecule has 1 aromatic heterocycles. The highest BCUT2D eigenvalue weighted by Gasteiger charge is 2.02. The molecule has 0 radical (unpaired) electrons. The Morgan fingerprint density at radius 3 is 2.60 bits per heavy atom. The number of oxazole rings is 1. The van der Waals surface area contributed by atoms with Crippen LogP contribution in [0.3, 0.4) is 0 Å². The quantitative estimate of drug-likeness (QED) is 0.681. The zero-order valence-corrected chi connectivity index (χ0v) is 11.1. The van der Waals surface area contributed by atoms with E-state index in [1.807, 2.05) is 37.4 Å². The fourth-order valence-corrected chi connectivity index (χ4v) is 2.05. The van der Waals surface area contributed by atoms with Gasteiger partial charge in [0.15, 0.2) is 5.58 Å². The van der Waals surface area contributed by atoms with Crippen LogP contribution >= 0.6 is 0 Å². The molecule has 0 saturated carbocycles. The summed E-state index contributed by atoms with van der Waals surface area (Å²) < 4.78 is 5.03. The standard InChI is InChI=1S/C15H15N3O2/c1-16-11-4-2-10(3-5-11)9-17-12-6-7-13-14(8-12)20-15(19)18-13/h2-8,16-17H,9H2,1H3,(H,18,19). The van der Waals surface area contributed by atoms with Gasteiger partial charge in [-0.2, -0.15) is 0 Å². The molecule has 0 aliphatic heterocycles. The van der Waals surface area contributed by atoms with E-state index in [-0.39, 0.29) is 0 Å². The number of aromatic nitrogens is 1. The lowest BCUT2D eigenvalue weighted by molar-refractivity contribution is 0.555. The number of fused-ring (bicyclic) bond motifs is 1. The van der Waals surface area contributed by atoms with Crippen molar-refractivity contribution in [3.05, 3.63) is 58.6 Å². The van der Waals surface area contributed by atoms with Crippen molar-refractivity contribution in [2.75, 3.05) is 17.7 Å². The molecule has 3 aromatic rings. The van der Waals surface area contributed by atoms with Gasteiger partial charge in [-0.3, -0.25) is 4.98 Å². The first-order valence-electron chi connectivity index (χ1n) is 6.38. The van der Waals surface area contributed by atoms with Gasteiger partial charge in [0.05, 0.1) is 5.52 Å². The lowest BCUT2D eigenvalue weighted by atomic mass is 10.2. The molecule has 1 heterocycles. The summed E-state index contributed by atoms with van der Waals surface area (Å²) in [5, 5.41) is 6.39. The summed E-state index contributed by atoms with van der Waals surface area (Å²) in [5.74, 6) is -0.431. The van der Waals surface area contributed by atoms with E-state index < -0.39 is 5.76 Å². The largest absolute Gasteiger partial charge is 0.417 e. The predicted octanol–water partition coefficient (Wildman–Crippen LogP) is 2.77. The van der Waals surface area contributed by atoms with E-state index in [9.17, 15) is 4.79 Å². The van der Waals surface area contributed by atoms with Crippen molar-refractivity contribution in [1.29, 1.82) is 0 Å². The van der Waals surface area contributed by atoms with Crippen LogP contribution in [0.1, 0.15) is 5.56 Å². The van der Waals surface area contributed by atoms with Crippen LogP contribution in [0.25, 0.3) is 11.1 Å². The number of hydrogen-bond acceptors (Lipinski definition) is 4. The molecule has 0 aliphatic rings. The molecule has 0 saturated heterocycles. The topological polar surface area (TPSA) is 70.1 Å². The molecule has 0 atom stereocenters. The summed E-state index contributed by atoms with van der Waals surface area (Å²) in [6.45, 7) is 0.712. The molecule has 5 nitrogen and oxygen atoms in total. The van der Waals surface area contributed by atoms with E-state index in [4.69, 9.17) is 4.42 Å². The lowest BCUT2D eigenvalue weighted by Gasteiger charge is -2.07. The van der Waals surface area contributed by atoms with Crippen LogP contribution in [0.2, 0.25) is 0 Å². The van der Waals surface area contributed by atoms with Crippen LogP contribution in [-0.2, 0) is 6.54 Å². The number of benzene rings is 2. The van der Waals surface area contributed by atoms with Gasteiger partial charge in [-0.25, -0.2) is 4.79 Å². The summed E-state index contributed by atoms with van der Waals surface area (Å²) in [4.78, 5) is 13.7. The van der Waals surface area contributed by atoms with Crippen LogP contribution in [-0.4, -0.2) is 12.0 Å². The van der Waals surface area contributed by atoms with Gasteiger partial charge in [0.1, 0.15) is 0 Å². The number of anilines is 2. The average molecular weight is 269 g/mol. The zero-order chi connectivity index (χ0) is 13.9. The molecule has 0 fully saturated rings. The van der Waals surface area contributed by atoms with Crippen LogP contribution < -0.4 is 16.4 Å². The summed E-state index contributed by atoms with van der Waals surface area (Å²) >= 11 is 0. The first kappa shape index (κ1) is 12.3. The Balaban J connectivity index is 1.73. The maximum atomic E-state index is 11.1. The minimum absolute atomic E-state index is 0.431. The van der Waals surface area contributed by atoms with E-state index in [1.54, 1.807) is 0 Å². The molecule has 0 amide bonds. The molecule has 0 bridgehead atoms. The Hall–Kier alpha value is -2.69. The molecule has 3 N–H and O–H groups in total. The van der Waals surface area contributed by atoms with Gasteiger partial charge in [0.2, 0.25) is 0 Å². The lowest BCUT2D eigenvalue weighted by Crippen LogP contribution is -1.99. The fraction of sp³-hybridized carbons (Fsp3) is 0.133. The van der Waals surface area contributed by atoms with E-state index in [0.717, 1.165) is 11.4 Å². The molecule has 2 aromatic carbocycles. The van der Waals surface area contributed by atoms with Gasteiger partial charge in [-0.1, -0.05) is 12.1 Å². The highest BCUT2D eigenvalue weighted by Crippen LogP contribution is 2.17. The average Bonchev–Trinajstić information content (AvgIpc) is 2.85. The van der Waals surface area contributed by atoms with Crippen LogP contribution in [0.5, 0.6) is 0 Å². The predicted molar refractivity (Wildman–Crippen MR) is 80.2 cm³/mol. The van der Waals surface area contributed by atoms with Crippen LogP contribution in [0.15, 0.2) is 51.7 Å². The maximum Gasteiger partial charge on any atom is 0.417 e. The molecule has 0 aliphatic carbocycles. The molecular formula is C15H15N3O2. The van der Waals surface area contributed by atoms with Crippen LogP contribution in [0, 0.1) is 0 Å². The summed E-state index contributed by atoms with van der Waals surface area (Å²) in [7, 11) is 1.90. The van der Waals surface area contributed by atoms with Gasteiger partial charge in [0, 0.05) is 31.0 Å². The highest BCUT2D eigenvalue weighted by atomic mass is 16.4. The number of rotatable bonds is 4. The second kappa shape index (κ2) is 5.13. The highest BCUT2D eigenvalue weighted by molar-refractivity contribution is 5.76. The third kappa shape index (κ3) is 2.51. The van der Waals surface area contributed by atoms with E-state index in [2.05, 4.69) is 27.8 Å². The first-order valence-corrected chi connectivity index (χ1v) is 6.38. The van der Waals surface area contributed by atoms with Gasteiger partial charge in [0.25, 0.3) is 0 Å². The van der Waals surface area contributed by atoms with Crippen LogP contribution in [0.4, 0.5) is 11.4 Å². The first-order chi connectivity index (χ1) is 9.74. The second-order valence-electron chi connectivity index (χ2n) is 4.53. The van der Waals surface area contributed by atoms with Crippen molar-refractivity contribution in [3.63, 3.8) is 0 Å². The van der Waals surface area contributed by atoms with Crippen molar-refractivity contribution < 1.29 is 4.42 Å². The van der Waals surface area contributed by atoms with E-state index in [1.165, 1.54) is 5.56 Å². The summed E-state index contributed by atoms with van der Waals surface area (Å²) in [5.41, 5.74) is 4.45. The molecule has 0 spiro atoms. The van der Waals surface area contributed by atoms with Gasteiger partial charge in [-0.05, 0) is 29.8 Å². The maximum absolute atomic E-state index is 11.1. The number of hydrogen-bond donors (Lipinski definition) is 3. The van der Waals surface area contributed by atoms with E-state index in [0.29, 0.717) is 17.6 Å². The minimum atomic E-state index is -0.431. The summed E-state index contributed by atoms with van der Waals surface area (Å²) in [6, 6.07) is 13.7. The van der Waals surface area contributed by atoms with Crippen molar-refractivity contribution in [1.82, 2.24) is 4.98 Å². The normalized spacial score (nSPS) is 10.7. The van der Waals surface area contributed by atoms with Gasteiger partial charge in [-0.15, -0.1) is 0 Å². The molecule has 3 rings (SSSR count). The Labute approximate surface area is 115 Å². The minimum Gasteiger partial charge on any atom is -0.408 e. The van der Waals surface area contributed by atoms with Gasteiger partial charge >= 0.3 is 5.76 Å². The molecule has 0 unspecified atom stereocenters. The molecule has 20 heavy (non-hydrogen) atoms. The Kier molecular flexibility index (Phi) is 3.16. The third-order valence-corrected chi connectivity index (χ3v) is 3.16. The zero-order valence-electron chi connectivity index (χ0n) is 11.1. The van der Waals surface area contributed by atoms with Crippen molar-refractivity contribution >= 4 is 22.5 Å². The Morgan fingerprint density at radius 1 is 1.10 bits per heavy atom. The van der Waals surface area contributed by atoms with Crippen molar-refractivity contribution in [2.24, 2.45) is 0 Å². The van der Waals surface area contributed by atoms with E-state index >= 15 is 0 Å². The van der Waals surface area contributed by atoms with Gasteiger partial charge < -0.3 is 15.1 Å². The smallest absolute Gasteiger partial charge is 0.408 e. The fourth-order valence-electron chi connectivity index (χ4n) is 2.05. The molecule has 102 valence electrons. The second-order valence-corrected chi connectivity index (χ2v) is 4.53. The van der Waals surface area contributed by atoms with Crippen molar-refractivity contribution in [3.8, 4) is 0 Å². The third-order valence-electron chi connectivity index (χ3n) is 3.16. The Morgan fingerprint density at radius 2 is 1.85 bits per heavy atom. The SMILES string of the molecule is CNc1ccc(CNc2ccc3[nH]c(=O)oc3c2)cc1.